The highest BCUT2D eigenvalue weighted by atomic mass is 16.3. The van der Waals surface area contributed by atoms with E-state index in [-0.39, 0.29) is 5.43 Å². The third-order valence-electron chi connectivity index (χ3n) is 4.03. The molecule has 1 aromatic carbocycles. The number of aromatic nitrogens is 1. The molecule has 1 heterocycles. The molecule has 122 valence electrons. The van der Waals surface area contributed by atoms with E-state index < -0.39 is 6.10 Å². The van der Waals surface area contributed by atoms with Gasteiger partial charge in [-0.3, -0.25) is 4.79 Å². The molecule has 0 amide bonds. The van der Waals surface area contributed by atoms with Crippen LogP contribution in [0.15, 0.2) is 58.4 Å². The maximum atomic E-state index is 12.2. The number of nitrogens with zero attached hydrogens (tertiary/aromatic N) is 1. The number of benzene rings is 1. The van der Waals surface area contributed by atoms with Gasteiger partial charge in [0.1, 0.15) is 6.10 Å². The molecule has 3 nitrogen and oxygen atoms in total. The first-order valence-electron chi connectivity index (χ1n) is 7.97. The summed E-state index contributed by atoms with van der Waals surface area (Å²) >= 11 is 0. The summed E-state index contributed by atoms with van der Waals surface area (Å²) < 4.78 is 1.89. The van der Waals surface area contributed by atoms with Crippen molar-refractivity contribution in [3.8, 4) is 0 Å². The van der Waals surface area contributed by atoms with Gasteiger partial charge in [0.2, 0.25) is 0 Å². The lowest BCUT2D eigenvalue weighted by Crippen LogP contribution is -2.14. The third kappa shape index (κ3) is 4.20. The van der Waals surface area contributed by atoms with E-state index in [1.165, 1.54) is 11.6 Å². The predicted molar refractivity (Wildman–Crippen MR) is 96.6 cm³/mol. The van der Waals surface area contributed by atoms with Crippen molar-refractivity contribution >= 4 is 10.9 Å². The molecule has 0 saturated heterocycles. The highest BCUT2D eigenvalue weighted by Crippen LogP contribution is 2.20. The molecule has 0 aliphatic heterocycles. The number of hydrogen-bond donors (Lipinski definition) is 1. The fourth-order valence-corrected chi connectivity index (χ4v) is 2.73. The predicted octanol–water partition coefficient (Wildman–Crippen LogP) is 4.26. The molecule has 1 unspecified atom stereocenters. The highest BCUT2D eigenvalue weighted by molar-refractivity contribution is 5.79. The maximum Gasteiger partial charge on any atom is 0.189 e. The molecule has 0 aliphatic rings. The van der Waals surface area contributed by atoms with E-state index in [1.807, 2.05) is 48.9 Å². The van der Waals surface area contributed by atoms with E-state index in [0.717, 1.165) is 23.9 Å². The number of aliphatic hydroxyl groups is 1. The normalized spacial score (nSPS) is 13.2. The van der Waals surface area contributed by atoms with Gasteiger partial charge in [0.15, 0.2) is 5.43 Å². The number of pyridine rings is 1. The second kappa shape index (κ2) is 7.42. The van der Waals surface area contributed by atoms with Crippen molar-refractivity contribution in [3.05, 3.63) is 69.5 Å². The summed E-state index contributed by atoms with van der Waals surface area (Å²) in [4.78, 5) is 12.2. The van der Waals surface area contributed by atoms with Crippen molar-refractivity contribution in [3.63, 3.8) is 0 Å². The first-order valence-corrected chi connectivity index (χ1v) is 7.97. The first kappa shape index (κ1) is 17.2. The van der Waals surface area contributed by atoms with Gasteiger partial charge in [0.25, 0.3) is 0 Å². The number of para-hydroxylation sites is 1. The van der Waals surface area contributed by atoms with Crippen LogP contribution in [-0.2, 0) is 7.05 Å². The van der Waals surface area contributed by atoms with Gasteiger partial charge >= 0.3 is 0 Å². The Morgan fingerprint density at radius 3 is 2.65 bits per heavy atom. The zero-order valence-electron chi connectivity index (χ0n) is 14.3. The van der Waals surface area contributed by atoms with E-state index in [0.29, 0.717) is 11.1 Å². The fraction of sp³-hybridized carbons (Fsp3) is 0.350. The fourth-order valence-electron chi connectivity index (χ4n) is 2.73. The van der Waals surface area contributed by atoms with Crippen LogP contribution in [0, 0.1) is 0 Å². The van der Waals surface area contributed by atoms with E-state index >= 15 is 0 Å². The number of aliphatic hydroxyl groups excluding tert-OH is 1. The number of fused-ring (bicyclic) bond motifs is 1. The Bertz CT molecular complexity index is 808. The molecular weight excluding hydrogens is 286 g/mol. The Morgan fingerprint density at radius 1 is 1.26 bits per heavy atom. The quantitative estimate of drug-likeness (QED) is 0.838. The van der Waals surface area contributed by atoms with Crippen LogP contribution in [0.2, 0.25) is 0 Å². The molecule has 2 rings (SSSR count). The van der Waals surface area contributed by atoms with Gasteiger partial charge in [-0.2, -0.15) is 0 Å². The molecule has 0 spiro atoms. The molecule has 0 fully saturated rings. The second-order valence-electron chi connectivity index (χ2n) is 6.29. The molecule has 23 heavy (non-hydrogen) atoms. The van der Waals surface area contributed by atoms with Crippen molar-refractivity contribution < 1.29 is 5.11 Å². The van der Waals surface area contributed by atoms with Crippen LogP contribution >= 0.6 is 0 Å². The summed E-state index contributed by atoms with van der Waals surface area (Å²) in [5, 5.41) is 11.2. The largest absolute Gasteiger partial charge is 0.383 e. The van der Waals surface area contributed by atoms with Gasteiger partial charge in [-0.1, -0.05) is 35.4 Å². The average molecular weight is 311 g/mol. The van der Waals surface area contributed by atoms with Crippen LogP contribution in [0.4, 0.5) is 0 Å². The molecule has 0 bridgehead atoms. The minimum Gasteiger partial charge on any atom is -0.383 e. The lowest BCUT2D eigenvalue weighted by atomic mass is 10.1. The second-order valence-corrected chi connectivity index (χ2v) is 6.29. The molecular formula is C20H25NO2. The molecule has 0 radical (unpaired) electrons. The van der Waals surface area contributed by atoms with Crippen LogP contribution < -0.4 is 5.43 Å². The Kier molecular flexibility index (Phi) is 5.56. The lowest BCUT2D eigenvalue weighted by molar-refractivity contribution is 0.218. The van der Waals surface area contributed by atoms with Gasteiger partial charge in [-0.05, 0) is 45.7 Å². The van der Waals surface area contributed by atoms with Crippen molar-refractivity contribution in [1.82, 2.24) is 4.57 Å². The van der Waals surface area contributed by atoms with Gasteiger partial charge < -0.3 is 9.67 Å². The molecule has 1 atom stereocenters. The summed E-state index contributed by atoms with van der Waals surface area (Å²) in [5.41, 5.74) is 3.83. The molecule has 0 aliphatic carbocycles. The van der Waals surface area contributed by atoms with Crippen LogP contribution in [-0.4, -0.2) is 9.67 Å². The van der Waals surface area contributed by atoms with Crippen LogP contribution in [0.3, 0.4) is 0 Å². The number of hydrogen-bond acceptors (Lipinski definition) is 2. The Hall–Kier alpha value is -2.13. The zero-order chi connectivity index (χ0) is 17.0. The van der Waals surface area contributed by atoms with E-state index in [1.54, 1.807) is 0 Å². The van der Waals surface area contributed by atoms with Crippen molar-refractivity contribution in [2.75, 3.05) is 0 Å². The Labute approximate surface area is 137 Å². The smallest absolute Gasteiger partial charge is 0.189 e. The van der Waals surface area contributed by atoms with Gasteiger partial charge in [-0.15, -0.1) is 0 Å². The van der Waals surface area contributed by atoms with Crippen LogP contribution in [0.25, 0.3) is 10.9 Å². The summed E-state index contributed by atoms with van der Waals surface area (Å²) in [7, 11) is 1.88. The number of aryl methyl sites for hydroxylation is 1. The van der Waals surface area contributed by atoms with Gasteiger partial charge in [0.05, 0.1) is 11.2 Å². The van der Waals surface area contributed by atoms with Crippen LogP contribution in [0.5, 0.6) is 0 Å². The molecule has 0 saturated carbocycles. The van der Waals surface area contributed by atoms with Crippen LogP contribution in [0.1, 0.15) is 45.4 Å². The van der Waals surface area contributed by atoms with Crippen molar-refractivity contribution in [2.45, 2.75) is 39.7 Å². The van der Waals surface area contributed by atoms with E-state index in [4.69, 9.17) is 0 Å². The lowest BCUT2D eigenvalue weighted by Gasteiger charge is -2.15. The van der Waals surface area contributed by atoms with Crippen molar-refractivity contribution in [2.24, 2.45) is 7.05 Å². The van der Waals surface area contributed by atoms with Gasteiger partial charge in [0, 0.05) is 18.5 Å². The average Bonchev–Trinajstić information content (AvgIpc) is 2.50. The monoisotopic (exact) mass is 311 g/mol. The highest BCUT2D eigenvalue weighted by Gasteiger charge is 2.12. The molecule has 3 heteroatoms. The minimum atomic E-state index is -0.774. The molecule has 1 N–H and O–H groups in total. The number of rotatable bonds is 5. The van der Waals surface area contributed by atoms with Crippen molar-refractivity contribution in [1.29, 1.82) is 0 Å². The summed E-state index contributed by atoms with van der Waals surface area (Å²) in [5.74, 6) is 0. The Balaban J connectivity index is 2.31. The topological polar surface area (TPSA) is 42.2 Å². The maximum absolute atomic E-state index is 12.2. The SMILES string of the molecule is CC(C)=CCCC(C)=CC(O)c1cc(=O)c2ccccc2n1C. The zero-order valence-corrected chi connectivity index (χ0v) is 14.3. The standard InChI is InChI=1S/C20H25NO2/c1-14(2)8-7-9-15(3)12-20(23)18-13-19(22)16-10-5-6-11-17(16)21(18)4/h5-6,8,10-13,20,23H,7,9H2,1-4H3. The molecule has 2 aromatic rings. The first-order chi connectivity index (χ1) is 10.9. The summed E-state index contributed by atoms with van der Waals surface area (Å²) in [6.45, 7) is 6.18. The van der Waals surface area contributed by atoms with Gasteiger partial charge in [-0.25, -0.2) is 0 Å². The van der Waals surface area contributed by atoms with E-state index in [2.05, 4.69) is 19.9 Å². The Morgan fingerprint density at radius 2 is 1.96 bits per heavy atom. The third-order valence-corrected chi connectivity index (χ3v) is 4.03. The molecule has 1 aromatic heterocycles. The minimum absolute atomic E-state index is 0.0525. The van der Waals surface area contributed by atoms with E-state index in [9.17, 15) is 9.90 Å². The summed E-state index contributed by atoms with van der Waals surface area (Å²) in [6, 6.07) is 9.01. The number of allylic oxidation sites excluding steroid dienone is 3. The summed E-state index contributed by atoms with van der Waals surface area (Å²) in [6.07, 6.45) is 5.12.